The predicted molar refractivity (Wildman–Crippen MR) is 205 cm³/mol. The molecule has 0 saturated heterocycles. The zero-order valence-electron chi connectivity index (χ0n) is 29.3. The third-order valence-corrected chi connectivity index (χ3v) is 10.5. The molecule has 52 heavy (non-hydrogen) atoms. The van der Waals surface area contributed by atoms with Crippen LogP contribution in [0, 0.1) is 11.3 Å². The molecule has 0 bridgehead atoms. The van der Waals surface area contributed by atoms with Crippen molar-refractivity contribution in [2.75, 3.05) is 35.6 Å². The molecular weight excluding hydrogens is 727 g/mol. The first-order valence-corrected chi connectivity index (χ1v) is 18.6. The lowest BCUT2D eigenvalue weighted by Gasteiger charge is -2.28. The number of imidazole rings is 1. The Kier molecular flexibility index (Phi) is 11.7. The molecule has 0 saturated carbocycles. The minimum Gasteiger partial charge on any atom is -0.493 e. The number of anilines is 3. The number of nitrogens with zero attached hydrogens (tertiary/aromatic N) is 2. The number of hydroxylamine groups is 1. The largest absolute Gasteiger partial charge is 0.493 e. The Hall–Kier alpha value is -4.82. The molecule has 5 aromatic rings. The van der Waals surface area contributed by atoms with Crippen LogP contribution in [0.5, 0.6) is 5.75 Å². The molecule has 0 aliphatic rings. The summed E-state index contributed by atoms with van der Waals surface area (Å²) in [6.45, 7) is 5.99. The lowest BCUT2D eigenvalue weighted by atomic mass is 9.82. The minimum absolute atomic E-state index is 0.0665. The second-order valence-corrected chi connectivity index (χ2v) is 15.8. The number of rotatable bonds is 14. The number of aromatic amines is 1. The number of benzene rings is 4. The van der Waals surface area contributed by atoms with Gasteiger partial charge in [-0.3, -0.25) is 19.5 Å². The molecule has 1 aromatic heterocycles. The van der Waals surface area contributed by atoms with E-state index in [9.17, 15) is 18.0 Å². The zero-order valence-corrected chi connectivity index (χ0v) is 31.6. The van der Waals surface area contributed by atoms with E-state index in [1.807, 2.05) is 58.0 Å². The SMILES string of the molecule is CCC(CC(C)(C)COc1cccc(NS(=O)(=O)c2ccc(C(=O)Nc3ccc(Cl)c(-c4nc5ccc(N(C)C)cc5[nH]4)c3)c(Cl)c2)c1)C(=O)NO. The highest BCUT2D eigenvalue weighted by atomic mass is 35.5. The molecule has 5 N–H and O–H groups in total. The fraction of sp³-hybridized carbons (Fsp3) is 0.270. The summed E-state index contributed by atoms with van der Waals surface area (Å²) in [6.07, 6.45) is 1.02. The van der Waals surface area contributed by atoms with E-state index in [0.29, 0.717) is 40.7 Å². The molecule has 0 spiro atoms. The quantitative estimate of drug-likeness (QED) is 0.0561. The maximum absolute atomic E-state index is 13.3. The molecule has 274 valence electrons. The molecule has 0 aliphatic carbocycles. The first kappa shape index (κ1) is 38.4. The molecule has 12 nitrogen and oxygen atoms in total. The second-order valence-electron chi connectivity index (χ2n) is 13.3. The number of sulfonamides is 1. The number of hydrogen-bond acceptors (Lipinski definition) is 8. The molecule has 0 radical (unpaired) electrons. The van der Waals surface area contributed by atoms with Gasteiger partial charge in [0, 0.05) is 43.0 Å². The van der Waals surface area contributed by atoms with Crippen molar-refractivity contribution in [2.45, 2.75) is 38.5 Å². The summed E-state index contributed by atoms with van der Waals surface area (Å²) in [5.74, 6) is -0.437. The van der Waals surface area contributed by atoms with Crippen LogP contribution in [-0.2, 0) is 14.8 Å². The summed E-state index contributed by atoms with van der Waals surface area (Å²) in [6, 6.07) is 21.1. The number of carbonyl (C=O) groups excluding carboxylic acids is 2. The van der Waals surface area contributed by atoms with Gasteiger partial charge < -0.3 is 19.9 Å². The van der Waals surface area contributed by atoms with E-state index in [-0.39, 0.29) is 33.7 Å². The van der Waals surface area contributed by atoms with Crippen molar-refractivity contribution in [1.82, 2.24) is 15.4 Å². The van der Waals surface area contributed by atoms with Crippen LogP contribution in [0.4, 0.5) is 17.1 Å². The molecule has 4 aromatic carbocycles. The van der Waals surface area contributed by atoms with Crippen LogP contribution in [0.25, 0.3) is 22.4 Å². The molecule has 1 atom stereocenters. The molecular formula is C37H40Cl2N6O6S. The van der Waals surface area contributed by atoms with Crippen LogP contribution >= 0.6 is 23.2 Å². The topological polar surface area (TPSA) is 166 Å². The van der Waals surface area contributed by atoms with E-state index in [0.717, 1.165) is 16.7 Å². The first-order chi connectivity index (χ1) is 24.6. The molecule has 0 aliphatic heterocycles. The molecule has 0 fully saturated rings. The average Bonchev–Trinajstić information content (AvgIpc) is 3.53. The van der Waals surface area contributed by atoms with Gasteiger partial charge in [-0.1, -0.05) is 50.0 Å². The van der Waals surface area contributed by atoms with E-state index >= 15 is 0 Å². The van der Waals surface area contributed by atoms with Crippen molar-refractivity contribution in [3.05, 3.63) is 94.5 Å². The number of fused-ring (bicyclic) bond motifs is 1. The van der Waals surface area contributed by atoms with Crippen molar-refractivity contribution in [3.8, 4) is 17.1 Å². The molecule has 15 heteroatoms. The maximum Gasteiger partial charge on any atom is 0.261 e. The summed E-state index contributed by atoms with van der Waals surface area (Å²) in [4.78, 5) is 35.0. The van der Waals surface area contributed by atoms with Crippen LogP contribution in [0.2, 0.25) is 10.0 Å². The van der Waals surface area contributed by atoms with E-state index in [1.54, 1.807) is 47.9 Å². The van der Waals surface area contributed by atoms with Gasteiger partial charge in [0.05, 0.1) is 43.8 Å². The average molecular weight is 768 g/mol. The Bertz CT molecular complexity index is 2220. The Balaban J connectivity index is 1.26. The number of hydrogen-bond donors (Lipinski definition) is 5. The van der Waals surface area contributed by atoms with Crippen molar-refractivity contribution in [2.24, 2.45) is 11.3 Å². The number of carbonyl (C=O) groups is 2. The molecule has 2 amide bonds. The van der Waals surface area contributed by atoms with Gasteiger partial charge in [-0.15, -0.1) is 0 Å². The number of amides is 2. The van der Waals surface area contributed by atoms with Gasteiger partial charge in [-0.25, -0.2) is 18.9 Å². The number of H-pyrrole nitrogens is 1. The van der Waals surface area contributed by atoms with Gasteiger partial charge in [-0.05, 0) is 85.0 Å². The highest BCUT2D eigenvalue weighted by Gasteiger charge is 2.28. The van der Waals surface area contributed by atoms with Crippen LogP contribution in [-0.4, -0.2) is 56.1 Å². The van der Waals surface area contributed by atoms with Gasteiger partial charge in [0.25, 0.3) is 15.9 Å². The van der Waals surface area contributed by atoms with E-state index in [4.69, 9.17) is 33.1 Å². The molecule has 5 rings (SSSR count). The highest BCUT2D eigenvalue weighted by molar-refractivity contribution is 7.92. The predicted octanol–water partition coefficient (Wildman–Crippen LogP) is 7.98. The van der Waals surface area contributed by atoms with Gasteiger partial charge in [0.1, 0.15) is 11.6 Å². The minimum atomic E-state index is -4.11. The van der Waals surface area contributed by atoms with Gasteiger partial charge in [0.2, 0.25) is 5.91 Å². The van der Waals surface area contributed by atoms with Crippen LogP contribution < -0.4 is 25.2 Å². The Morgan fingerprint density at radius 2 is 1.75 bits per heavy atom. The summed E-state index contributed by atoms with van der Waals surface area (Å²) in [5, 5.41) is 12.2. The Morgan fingerprint density at radius 3 is 2.44 bits per heavy atom. The van der Waals surface area contributed by atoms with Crippen LogP contribution in [0.15, 0.2) is 83.8 Å². The highest BCUT2D eigenvalue weighted by Crippen LogP contribution is 2.33. The summed E-state index contributed by atoms with van der Waals surface area (Å²) in [5.41, 5.74) is 5.21. The summed E-state index contributed by atoms with van der Waals surface area (Å²) in [7, 11) is -0.204. The lowest BCUT2D eigenvalue weighted by Crippen LogP contribution is -2.33. The lowest BCUT2D eigenvalue weighted by molar-refractivity contribution is -0.134. The first-order valence-electron chi connectivity index (χ1n) is 16.4. The van der Waals surface area contributed by atoms with Crippen molar-refractivity contribution in [3.63, 3.8) is 0 Å². The van der Waals surface area contributed by atoms with Crippen LogP contribution in [0.3, 0.4) is 0 Å². The normalized spacial score (nSPS) is 12.3. The van der Waals surface area contributed by atoms with Crippen molar-refractivity contribution >= 4 is 73.1 Å². The number of ether oxygens (including phenoxy) is 1. The smallest absolute Gasteiger partial charge is 0.261 e. The fourth-order valence-corrected chi connectivity index (χ4v) is 7.23. The third kappa shape index (κ3) is 9.15. The maximum atomic E-state index is 13.3. The van der Waals surface area contributed by atoms with E-state index < -0.39 is 27.3 Å². The number of halogens is 2. The van der Waals surface area contributed by atoms with E-state index in [2.05, 4.69) is 20.0 Å². The number of aromatic nitrogens is 2. The molecule has 1 unspecified atom stereocenters. The van der Waals surface area contributed by atoms with Crippen molar-refractivity contribution < 1.29 is 28.0 Å². The van der Waals surface area contributed by atoms with Crippen LogP contribution in [0.1, 0.15) is 44.0 Å². The zero-order chi connectivity index (χ0) is 37.8. The fourth-order valence-electron chi connectivity index (χ4n) is 5.62. The number of nitrogens with one attached hydrogen (secondary N) is 4. The monoisotopic (exact) mass is 766 g/mol. The summed E-state index contributed by atoms with van der Waals surface area (Å²) >= 11 is 13.0. The van der Waals surface area contributed by atoms with Gasteiger partial charge >= 0.3 is 0 Å². The molecule has 1 heterocycles. The van der Waals surface area contributed by atoms with Gasteiger partial charge in [0.15, 0.2) is 0 Å². The second kappa shape index (κ2) is 15.8. The Morgan fingerprint density at radius 1 is 0.981 bits per heavy atom. The van der Waals surface area contributed by atoms with Gasteiger partial charge in [-0.2, -0.15) is 0 Å². The van der Waals surface area contributed by atoms with E-state index in [1.165, 1.54) is 18.2 Å². The standard InChI is InChI=1S/C37H40Cl2N6O6S/c1-6-22(35(46)43-48)20-37(2,3)21-51-26-9-7-8-24(16-26)44-52(49,50)27-12-13-28(31(39)19-27)36(47)40-23-10-14-30(38)29(17-23)34-41-32-15-11-25(45(4)5)18-33(32)42-34/h7-19,22,44,48H,6,20-21H2,1-5H3,(H,40,47)(H,41,42)(H,43,46). The van der Waals surface area contributed by atoms with Crippen molar-refractivity contribution in [1.29, 1.82) is 0 Å². The third-order valence-electron chi connectivity index (χ3n) is 8.45. The summed E-state index contributed by atoms with van der Waals surface area (Å²) < 4.78 is 35.1. The Labute approximate surface area is 312 Å².